The number of halogens is 2. The van der Waals surface area contributed by atoms with Crippen LogP contribution in [0.25, 0.3) is 11.2 Å². The second kappa shape index (κ2) is 4.81. The van der Waals surface area contributed by atoms with E-state index in [0.717, 1.165) is 0 Å². The number of fused-ring (bicyclic) bond motifs is 2. The van der Waals surface area contributed by atoms with Crippen molar-refractivity contribution >= 4 is 22.8 Å². The van der Waals surface area contributed by atoms with Crippen molar-refractivity contribution in [2.75, 3.05) is 6.61 Å². The quantitative estimate of drug-likeness (QED) is 0.698. The number of hydrogen-bond acceptors (Lipinski definition) is 4. The summed E-state index contributed by atoms with van der Waals surface area (Å²) in [5, 5.41) is 0.0479. The number of nitrogens with one attached hydrogen (secondary N) is 1. The van der Waals surface area contributed by atoms with Gasteiger partial charge in [0.2, 0.25) is 5.28 Å². The molecule has 0 amide bonds. The van der Waals surface area contributed by atoms with Crippen molar-refractivity contribution < 1.29 is 9.13 Å². The third-order valence-electron chi connectivity index (χ3n) is 3.73. The molecule has 1 aliphatic rings. The maximum absolute atomic E-state index is 13.9. The van der Waals surface area contributed by atoms with Gasteiger partial charge in [-0.05, 0) is 17.7 Å². The summed E-state index contributed by atoms with van der Waals surface area (Å²) in [6.07, 6.45) is 1.99. The number of H-pyrrole nitrogens is 1. The van der Waals surface area contributed by atoms with E-state index >= 15 is 0 Å². The Morgan fingerprint density at radius 3 is 3.18 bits per heavy atom. The van der Waals surface area contributed by atoms with E-state index in [4.69, 9.17) is 16.3 Å². The monoisotopic (exact) mass is 320 g/mol. The summed E-state index contributed by atoms with van der Waals surface area (Å²) in [5.74, 6) is -0.261. The highest BCUT2D eigenvalue weighted by Crippen LogP contribution is 2.36. The van der Waals surface area contributed by atoms with Crippen molar-refractivity contribution in [2.24, 2.45) is 0 Å². The van der Waals surface area contributed by atoms with E-state index in [-0.39, 0.29) is 22.8 Å². The molecule has 0 radical (unpaired) electrons. The summed E-state index contributed by atoms with van der Waals surface area (Å²) in [5.41, 5.74) is 1.16. The molecule has 3 heterocycles. The molecule has 1 aromatic carbocycles. The van der Waals surface area contributed by atoms with Gasteiger partial charge in [0.25, 0.3) is 0 Å². The molecule has 0 saturated carbocycles. The molecule has 1 unspecified atom stereocenters. The Labute approximate surface area is 128 Å². The Balaban J connectivity index is 1.98. The van der Waals surface area contributed by atoms with Crippen LogP contribution in [0.5, 0.6) is 5.75 Å². The highest BCUT2D eigenvalue weighted by Gasteiger charge is 2.28. The van der Waals surface area contributed by atoms with E-state index in [9.17, 15) is 9.18 Å². The summed E-state index contributed by atoms with van der Waals surface area (Å²) < 4.78 is 20.8. The van der Waals surface area contributed by atoms with Crippen molar-refractivity contribution in [3.8, 4) is 5.75 Å². The Morgan fingerprint density at radius 2 is 2.32 bits per heavy atom. The summed E-state index contributed by atoms with van der Waals surface area (Å²) >= 11 is 5.83. The van der Waals surface area contributed by atoms with Crippen LogP contribution in [-0.2, 0) is 0 Å². The van der Waals surface area contributed by atoms with Gasteiger partial charge in [0.1, 0.15) is 5.52 Å². The van der Waals surface area contributed by atoms with E-state index in [0.29, 0.717) is 29.8 Å². The third kappa shape index (κ3) is 1.89. The summed E-state index contributed by atoms with van der Waals surface area (Å²) in [7, 11) is 0. The molecule has 0 aliphatic carbocycles. The second-order valence-electron chi connectivity index (χ2n) is 4.99. The van der Waals surface area contributed by atoms with Crippen LogP contribution in [0.15, 0.2) is 29.2 Å². The van der Waals surface area contributed by atoms with Crippen molar-refractivity contribution in [2.45, 2.75) is 12.5 Å². The van der Waals surface area contributed by atoms with Gasteiger partial charge in [-0.2, -0.15) is 4.98 Å². The molecule has 0 saturated heterocycles. The number of benzene rings is 1. The van der Waals surface area contributed by atoms with Crippen LogP contribution in [0.4, 0.5) is 4.39 Å². The number of ether oxygens (including phenoxy) is 1. The molecule has 6 nitrogen and oxygen atoms in total. The first-order valence-electron chi connectivity index (χ1n) is 6.69. The Morgan fingerprint density at radius 1 is 1.45 bits per heavy atom. The van der Waals surface area contributed by atoms with Gasteiger partial charge in [0, 0.05) is 12.0 Å². The van der Waals surface area contributed by atoms with Gasteiger partial charge in [-0.25, -0.2) is 14.2 Å². The number of hydrogen-bond donors (Lipinski definition) is 1. The van der Waals surface area contributed by atoms with Gasteiger partial charge in [-0.1, -0.05) is 12.1 Å². The topological polar surface area (TPSA) is 72.8 Å². The molecule has 0 bridgehead atoms. The molecule has 0 spiro atoms. The van der Waals surface area contributed by atoms with Crippen molar-refractivity contribution in [3.63, 3.8) is 0 Å². The first kappa shape index (κ1) is 13.3. The molecule has 8 heteroatoms. The maximum Gasteiger partial charge on any atom is 0.328 e. The Kier molecular flexibility index (Phi) is 2.90. The lowest BCUT2D eigenvalue weighted by Gasteiger charge is -2.26. The average Bonchev–Trinajstić information content (AvgIpc) is 2.82. The predicted molar refractivity (Wildman–Crippen MR) is 77.8 cm³/mol. The minimum Gasteiger partial charge on any atom is -0.490 e. The smallest absolute Gasteiger partial charge is 0.328 e. The van der Waals surface area contributed by atoms with Crippen LogP contribution in [-0.4, -0.2) is 26.1 Å². The molecule has 1 N–H and O–H groups in total. The number of rotatable bonds is 1. The van der Waals surface area contributed by atoms with Gasteiger partial charge in [-0.15, -0.1) is 0 Å². The van der Waals surface area contributed by atoms with Crippen LogP contribution in [0.3, 0.4) is 0 Å². The van der Waals surface area contributed by atoms with E-state index in [1.54, 1.807) is 12.1 Å². The van der Waals surface area contributed by atoms with Crippen molar-refractivity contribution in [1.82, 2.24) is 19.5 Å². The van der Waals surface area contributed by atoms with Crippen molar-refractivity contribution in [3.05, 3.63) is 51.5 Å². The largest absolute Gasteiger partial charge is 0.490 e. The number of para-hydroxylation sites is 1. The van der Waals surface area contributed by atoms with Gasteiger partial charge in [0.05, 0.1) is 18.8 Å². The number of nitrogens with zero attached hydrogens (tertiary/aromatic N) is 3. The lowest BCUT2D eigenvalue weighted by molar-refractivity contribution is 0.244. The van der Waals surface area contributed by atoms with Gasteiger partial charge >= 0.3 is 5.69 Å². The van der Waals surface area contributed by atoms with E-state index in [1.165, 1.54) is 16.8 Å². The van der Waals surface area contributed by atoms with Gasteiger partial charge < -0.3 is 9.72 Å². The van der Waals surface area contributed by atoms with Gasteiger partial charge in [-0.3, -0.25) is 4.57 Å². The number of aromatic amines is 1. The zero-order chi connectivity index (χ0) is 15.3. The molecule has 2 aromatic heterocycles. The Hall–Kier alpha value is -2.41. The molecule has 3 aromatic rings. The third-order valence-corrected chi connectivity index (χ3v) is 3.92. The minimum absolute atomic E-state index is 0.0479. The van der Waals surface area contributed by atoms with E-state index < -0.39 is 5.82 Å². The first-order valence-corrected chi connectivity index (χ1v) is 7.07. The van der Waals surface area contributed by atoms with Crippen LogP contribution in [0.2, 0.25) is 5.28 Å². The summed E-state index contributed by atoms with van der Waals surface area (Å²) in [4.78, 5) is 23.0. The van der Waals surface area contributed by atoms with Crippen LogP contribution < -0.4 is 10.4 Å². The zero-order valence-corrected chi connectivity index (χ0v) is 12.0. The molecule has 22 heavy (non-hydrogen) atoms. The summed E-state index contributed by atoms with van der Waals surface area (Å²) in [6, 6.07) is 4.30. The SMILES string of the molecule is O=c1[nH]c2cnc(Cl)nc2n1C1CCOc2c(F)cccc21. The lowest BCUT2D eigenvalue weighted by atomic mass is 10.00. The highest BCUT2D eigenvalue weighted by molar-refractivity contribution is 6.28. The fourth-order valence-corrected chi connectivity index (χ4v) is 2.95. The van der Waals surface area contributed by atoms with Crippen LogP contribution in [0.1, 0.15) is 18.0 Å². The number of imidazole rings is 1. The number of aromatic nitrogens is 4. The average molecular weight is 321 g/mol. The lowest BCUT2D eigenvalue weighted by Crippen LogP contribution is -2.28. The maximum atomic E-state index is 13.9. The normalized spacial score (nSPS) is 17.3. The molecule has 0 fully saturated rings. The fourth-order valence-electron chi connectivity index (χ4n) is 2.82. The van der Waals surface area contributed by atoms with E-state index in [2.05, 4.69) is 15.0 Å². The minimum atomic E-state index is -0.442. The zero-order valence-electron chi connectivity index (χ0n) is 11.2. The van der Waals surface area contributed by atoms with Crippen LogP contribution >= 0.6 is 11.6 Å². The van der Waals surface area contributed by atoms with Crippen molar-refractivity contribution in [1.29, 1.82) is 0 Å². The van der Waals surface area contributed by atoms with Gasteiger partial charge in [0.15, 0.2) is 17.2 Å². The molecule has 4 rings (SSSR count). The molecule has 112 valence electrons. The Bertz CT molecular complexity index is 936. The van der Waals surface area contributed by atoms with Crippen LogP contribution in [0, 0.1) is 5.82 Å². The second-order valence-corrected chi connectivity index (χ2v) is 5.33. The fraction of sp³-hybridized carbons (Fsp3) is 0.214. The highest BCUT2D eigenvalue weighted by atomic mass is 35.5. The molecular weight excluding hydrogens is 311 g/mol. The molecule has 1 atom stereocenters. The first-order chi connectivity index (χ1) is 10.6. The predicted octanol–water partition coefficient (Wildman–Crippen LogP) is 2.28. The molecular formula is C14H10ClFN4O2. The molecule has 1 aliphatic heterocycles. The van der Waals surface area contributed by atoms with E-state index in [1.807, 2.05) is 0 Å². The standard InChI is InChI=1S/C14H10ClFN4O2/c15-13-17-6-9-12(19-13)20(14(21)18-9)10-4-5-22-11-7(10)2-1-3-8(11)16/h1-3,6,10H,4-5H2,(H,18,21). The summed E-state index contributed by atoms with van der Waals surface area (Å²) in [6.45, 7) is 0.316.